The van der Waals surface area contributed by atoms with Gasteiger partial charge in [-0.05, 0) is 79.8 Å². The van der Waals surface area contributed by atoms with Crippen molar-refractivity contribution in [1.82, 2.24) is 10.3 Å². The zero-order chi connectivity index (χ0) is 25.3. The van der Waals surface area contributed by atoms with Crippen molar-refractivity contribution in [2.45, 2.75) is 29.0 Å². The molecule has 1 aliphatic rings. The molecule has 0 bridgehead atoms. The Bertz CT molecular complexity index is 1470. The maximum Gasteiger partial charge on any atom is 0.229 e. The lowest BCUT2D eigenvalue weighted by Gasteiger charge is -2.26. The molecule has 0 radical (unpaired) electrons. The first-order valence-electron chi connectivity index (χ1n) is 11.2. The molecule has 0 spiro atoms. The molecule has 1 saturated heterocycles. The van der Waals surface area contributed by atoms with Gasteiger partial charge < -0.3 is 14.6 Å². The highest BCUT2D eigenvalue weighted by Gasteiger charge is 2.42. The molecule has 1 fully saturated rings. The first-order valence-corrected chi connectivity index (χ1v) is 14.3. The van der Waals surface area contributed by atoms with E-state index in [1.54, 1.807) is 30.1 Å². The van der Waals surface area contributed by atoms with E-state index in [9.17, 15) is 8.42 Å². The fourth-order valence-corrected chi connectivity index (χ4v) is 5.79. The maximum atomic E-state index is 11.6. The molecule has 36 heavy (non-hydrogen) atoms. The molecule has 1 aliphatic heterocycles. The van der Waals surface area contributed by atoms with Gasteiger partial charge >= 0.3 is 0 Å². The average Bonchev–Trinajstić information content (AvgIpc) is 3.44. The van der Waals surface area contributed by atoms with Crippen LogP contribution in [0.1, 0.15) is 29.1 Å². The standard InChI is InChI=1S/C26H24N4O3S3/c1-17-6-12-20(13-7-17)35-23-15-14-22(33-23)25-24(21-5-3-4-16-27-21)28-26(34)30(25)19-10-8-18(9-11-19)29-36(2,31)32/h3-16,24-25,29H,1-2H3,(H,28,34)/t24-,25-/m0/s1. The third-order valence-electron chi connectivity index (χ3n) is 5.68. The van der Waals surface area contributed by atoms with Gasteiger partial charge in [-0.2, -0.15) is 0 Å². The van der Waals surface area contributed by atoms with Gasteiger partial charge in [0.15, 0.2) is 10.2 Å². The van der Waals surface area contributed by atoms with Crippen LogP contribution in [0.4, 0.5) is 11.4 Å². The van der Waals surface area contributed by atoms with Gasteiger partial charge in [-0.25, -0.2) is 8.42 Å². The lowest BCUT2D eigenvalue weighted by molar-refractivity contribution is 0.383. The molecule has 2 atom stereocenters. The number of nitrogens with one attached hydrogen (secondary N) is 2. The molecule has 4 aromatic rings. The van der Waals surface area contributed by atoms with E-state index in [4.69, 9.17) is 16.6 Å². The molecule has 0 aliphatic carbocycles. The Morgan fingerprint density at radius 2 is 1.78 bits per heavy atom. The highest BCUT2D eigenvalue weighted by molar-refractivity contribution is 7.99. The summed E-state index contributed by atoms with van der Waals surface area (Å²) in [5.74, 6) is 0.742. The Hall–Kier alpha value is -3.34. The SMILES string of the molecule is Cc1ccc(Sc2ccc([C@H]3[C@H](c4ccccn4)NC(=S)N3c3ccc(NS(C)(=O)=O)cc3)o2)cc1. The van der Waals surface area contributed by atoms with Crippen LogP contribution in [0.2, 0.25) is 0 Å². The van der Waals surface area contributed by atoms with Crippen molar-refractivity contribution in [3.05, 3.63) is 102 Å². The number of nitrogens with zero attached hydrogens (tertiary/aromatic N) is 2. The molecule has 2 aromatic heterocycles. The monoisotopic (exact) mass is 536 g/mol. The molecule has 0 amide bonds. The van der Waals surface area contributed by atoms with Gasteiger partial charge in [-0.15, -0.1) is 0 Å². The molecule has 10 heteroatoms. The van der Waals surface area contributed by atoms with E-state index in [0.717, 1.165) is 33.4 Å². The number of hydrogen-bond acceptors (Lipinski definition) is 6. The van der Waals surface area contributed by atoms with E-state index in [-0.39, 0.29) is 12.1 Å². The van der Waals surface area contributed by atoms with Crippen molar-refractivity contribution < 1.29 is 12.8 Å². The lowest BCUT2D eigenvalue weighted by atomic mass is 10.0. The smallest absolute Gasteiger partial charge is 0.229 e. The minimum absolute atomic E-state index is 0.240. The number of anilines is 2. The molecule has 2 N–H and O–H groups in total. The zero-order valence-electron chi connectivity index (χ0n) is 19.6. The third kappa shape index (κ3) is 5.40. The second-order valence-electron chi connectivity index (χ2n) is 8.49. The minimum atomic E-state index is -3.37. The van der Waals surface area contributed by atoms with Crippen LogP contribution in [0, 0.1) is 6.92 Å². The van der Waals surface area contributed by atoms with Crippen LogP contribution < -0.4 is 14.9 Å². The number of aryl methyl sites for hydroxylation is 1. The number of pyridine rings is 1. The Labute approximate surface area is 220 Å². The second-order valence-corrected chi connectivity index (χ2v) is 11.7. The minimum Gasteiger partial charge on any atom is -0.452 e. The fourth-order valence-electron chi connectivity index (χ4n) is 4.10. The molecule has 2 aromatic carbocycles. The van der Waals surface area contributed by atoms with Crippen LogP contribution in [-0.4, -0.2) is 24.8 Å². The average molecular weight is 537 g/mol. The second kappa shape index (κ2) is 9.96. The van der Waals surface area contributed by atoms with Gasteiger partial charge in [-0.3, -0.25) is 9.71 Å². The van der Waals surface area contributed by atoms with E-state index in [1.807, 2.05) is 47.4 Å². The van der Waals surface area contributed by atoms with E-state index in [0.29, 0.717) is 10.8 Å². The van der Waals surface area contributed by atoms with Crippen molar-refractivity contribution in [3.8, 4) is 0 Å². The van der Waals surface area contributed by atoms with Gasteiger partial charge in [0.25, 0.3) is 0 Å². The van der Waals surface area contributed by atoms with Crippen LogP contribution in [0.3, 0.4) is 0 Å². The molecule has 0 unspecified atom stereocenters. The topological polar surface area (TPSA) is 87.5 Å². The molecule has 5 rings (SSSR count). The van der Waals surface area contributed by atoms with Crippen LogP contribution in [0.15, 0.2) is 99.5 Å². The van der Waals surface area contributed by atoms with E-state index >= 15 is 0 Å². The van der Waals surface area contributed by atoms with Gasteiger partial charge in [0.2, 0.25) is 10.0 Å². The normalized spacial score (nSPS) is 17.7. The van der Waals surface area contributed by atoms with Gasteiger partial charge in [-0.1, -0.05) is 35.5 Å². The van der Waals surface area contributed by atoms with Crippen LogP contribution in [0.25, 0.3) is 0 Å². The zero-order valence-corrected chi connectivity index (χ0v) is 22.0. The van der Waals surface area contributed by atoms with Gasteiger partial charge in [0.1, 0.15) is 11.8 Å². The summed E-state index contributed by atoms with van der Waals surface area (Å²) in [4.78, 5) is 7.64. The first-order chi connectivity index (χ1) is 17.3. The van der Waals surface area contributed by atoms with Crippen molar-refractivity contribution >= 4 is 50.5 Å². The fraction of sp³-hybridized carbons (Fsp3) is 0.154. The summed E-state index contributed by atoms with van der Waals surface area (Å²) in [6, 6.07) is 24.6. The molecular formula is C26H24N4O3S3. The number of rotatable bonds is 7. The number of sulfonamides is 1. The molecule has 7 nitrogen and oxygen atoms in total. The highest BCUT2D eigenvalue weighted by atomic mass is 32.2. The van der Waals surface area contributed by atoms with Gasteiger partial charge in [0.05, 0.1) is 18.0 Å². The molecular weight excluding hydrogens is 513 g/mol. The number of benzene rings is 2. The molecule has 3 heterocycles. The summed E-state index contributed by atoms with van der Waals surface area (Å²) >= 11 is 7.31. The first kappa shape index (κ1) is 24.4. The van der Waals surface area contributed by atoms with Crippen molar-refractivity contribution in [1.29, 1.82) is 0 Å². The summed E-state index contributed by atoms with van der Waals surface area (Å²) in [6.45, 7) is 2.06. The lowest BCUT2D eigenvalue weighted by Crippen LogP contribution is -2.29. The van der Waals surface area contributed by atoms with Crippen LogP contribution in [0.5, 0.6) is 0 Å². The number of thiocarbonyl (C=S) groups is 1. The summed E-state index contributed by atoms with van der Waals surface area (Å²) in [6.07, 6.45) is 2.88. The number of aromatic nitrogens is 1. The van der Waals surface area contributed by atoms with Crippen molar-refractivity contribution in [2.75, 3.05) is 15.9 Å². The van der Waals surface area contributed by atoms with Crippen LogP contribution in [-0.2, 0) is 10.0 Å². The quantitative estimate of drug-likeness (QED) is 0.292. The summed E-state index contributed by atoms with van der Waals surface area (Å²) in [5, 5.41) is 4.71. The highest BCUT2D eigenvalue weighted by Crippen LogP contribution is 2.43. The molecule has 184 valence electrons. The number of furan rings is 1. The van der Waals surface area contributed by atoms with E-state index < -0.39 is 10.0 Å². The van der Waals surface area contributed by atoms with Crippen LogP contribution >= 0.6 is 24.0 Å². The van der Waals surface area contributed by atoms with E-state index in [2.05, 4.69) is 46.2 Å². The van der Waals surface area contributed by atoms with E-state index in [1.165, 1.54) is 5.56 Å². The Balaban J connectivity index is 1.49. The predicted octanol–water partition coefficient (Wildman–Crippen LogP) is 5.68. The maximum absolute atomic E-state index is 11.6. The van der Waals surface area contributed by atoms with Crippen molar-refractivity contribution in [2.24, 2.45) is 0 Å². The van der Waals surface area contributed by atoms with Gasteiger partial charge in [0, 0.05) is 22.5 Å². The Morgan fingerprint density at radius 3 is 2.44 bits per heavy atom. The molecule has 0 saturated carbocycles. The summed E-state index contributed by atoms with van der Waals surface area (Å²) in [5.41, 5.74) is 3.33. The van der Waals surface area contributed by atoms with Crippen molar-refractivity contribution in [3.63, 3.8) is 0 Å². The number of hydrogen-bond donors (Lipinski definition) is 2. The Kier molecular flexibility index (Phi) is 6.74. The predicted molar refractivity (Wildman–Crippen MR) is 147 cm³/mol. The third-order valence-corrected chi connectivity index (χ3v) is 7.53. The summed E-state index contributed by atoms with van der Waals surface area (Å²) in [7, 11) is -3.37. The summed E-state index contributed by atoms with van der Waals surface area (Å²) < 4.78 is 32.1. The largest absolute Gasteiger partial charge is 0.452 e. The Morgan fingerprint density at radius 1 is 1.03 bits per heavy atom.